The van der Waals surface area contributed by atoms with E-state index in [0.717, 1.165) is 22.5 Å². The third-order valence-corrected chi connectivity index (χ3v) is 3.42. The number of imidazole rings is 1. The number of hydrogen-bond donors (Lipinski definition) is 1. The van der Waals surface area contributed by atoms with Crippen LogP contribution in [0.4, 0.5) is 10.3 Å². The van der Waals surface area contributed by atoms with Crippen molar-refractivity contribution < 1.29 is 4.39 Å². The van der Waals surface area contributed by atoms with Crippen molar-refractivity contribution in [1.82, 2.24) is 9.55 Å². The van der Waals surface area contributed by atoms with Gasteiger partial charge in [-0.05, 0) is 30.2 Å². The van der Waals surface area contributed by atoms with Crippen LogP contribution in [-0.4, -0.2) is 16.1 Å². The molecule has 0 aliphatic rings. The van der Waals surface area contributed by atoms with Crippen molar-refractivity contribution in [1.29, 1.82) is 0 Å². The first-order valence-electron chi connectivity index (χ1n) is 6.64. The zero-order valence-electron chi connectivity index (χ0n) is 11.3. The molecule has 0 saturated heterocycles. The minimum atomic E-state index is -0.153. The number of para-hydroxylation sites is 2. The Morgan fingerprint density at radius 1 is 1.10 bits per heavy atom. The molecule has 0 bridgehead atoms. The minimum absolute atomic E-state index is 0.153. The SMILES string of the molecule is Cn1c(NCCc2ccccc2F)nc2ccccc21. The molecule has 0 radical (unpaired) electrons. The molecule has 1 N–H and O–H groups in total. The normalized spacial score (nSPS) is 10.9. The Kier molecular flexibility index (Phi) is 3.37. The number of benzene rings is 2. The summed E-state index contributed by atoms with van der Waals surface area (Å²) in [5.74, 6) is 0.654. The van der Waals surface area contributed by atoms with Gasteiger partial charge in [-0.2, -0.15) is 0 Å². The Hall–Kier alpha value is -2.36. The van der Waals surface area contributed by atoms with Gasteiger partial charge >= 0.3 is 0 Å². The summed E-state index contributed by atoms with van der Waals surface area (Å²) in [5.41, 5.74) is 2.77. The first kappa shape index (κ1) is 12.7. The highest BCUT2D eigenvalue weighted by Crippen LogP contribution is 2.17. The highest BCUT2D eigenvalue weighted by atomic mass is 19.1. The lowest BCUT2D eigenvalue weighted by atomic mass is 10.1. The molecule has 1 aromatic heterocycles. The maximum Gasteiger partial charge on any atom is 0.203 e. The van der Waals surface area contributed by atoms with E-state index in [1.807, 2.05) is 48.0 Å². The number of hydrogen-bond acceptors (Lipinski definition) is 2. The van der Waals surface area contributed by atoms with E-state index in [-0.39, 0.29) is 5.82 Å². The molecule has 0 unspecified atom stereocenters. The van der Waals surface area contributed by atoms with Gasteiger partial charge in [0.15, 0.2) is 0 Å². The highest BCUT2D eigenvalue weighted by molar-refractivity contribution is 5.78. The highest BCUT2D eigenvalue weighted by Gasteiger charge is 2.06. The summed E-state index contributed by atoms with van der Waals surface area (Å²) in [5, 5.41) is 3.26. The Morgan fingerprint density at radius 3 is 2.65 bits per heavy atom. The summed E-state index contributed by atoms with van der Waals surface area (Å²) in [4.78, 5) is 4.52. The molecule has 0 atom stereocenters. The van der Waals surface area contributed by atoms with Crippen LogP contribution in [0.15, 0.2) is 48.5 Å². The summed E-state index contributed by atoms with van der Waals surface area (Å²) in [7, 11) is 1.97. The van der Waals surface area contributed by atoms with Crippen molar-refractivity contribution in [3.05, 3.63) is 59.9 Å². The molecule has 0 fully saturated rings. The fraction of sp³-hybridized carbons (Fsp3) is 0.188. The molecular formula is C16H16FN3. The Morgan fingerprint density at radius 2 is 1.85 bits per heavy atom. The van der Waals surface area contributed by atoms with Crippen molar-refractivity contribution >= 4 is 17.0 Å². The molecule has 1 heterocycles. The quantitative estimate of drug-likeness (QED) is 0.787. The third kappa shape index (κ3) is 2.37. The van der Waals surface area contributed by atoms with E-state index < -0.39 is 0 Å². The summed E-state index contributed by atoms with van der Waals surface area (Å²) >= 11 is 0. The molecule has 2 aromatic carbocycles. The lowest BCUT2D eigenvalue weighted by Crippen LogP contribution is -2.09. The van der Waals surface area contributed by atoms with Gasteiger partial charge in [-0.15, -0.1) is 0 Å². The first-order valence-corrected chi connectivity index (χ1v) is 6.64. The molecule has 4 heteroatoms. The molecule has 0 aliphatic heterocycles. The van der Waals surface area contributed by atoms with Crippen molar-refractivity contribution in [3.63, 3.8) is 0 Å². The largest absolute Gasteiger partial charge is 0.355 e. The van der Waals surface area contributed by atoms with Gasteiger partial charge in [0.2, 0.25) is 5.95 Å². The second kappa shape index (κ2) is 5.33. The van der Waals surface area contributed by atoms with Crippen LogP contribution in [0.5, 0.6) is 0 Å². The molecule has 0 amide bonds. The molecule has 0 saturated carbocycles. The predicted molar refractivity (Wildman–Crippen MR) is 79.3 cm³/mol. The number of fused-ring (bicyclic) bond motifs is 1. The predicted octanol–water partition coefficient (Wildman–Crippen LogP) is 3.37. The minimum Gasteiger partial charge on any atom is -0.355 e. The van der Waals surface area contributed by atoms with Crippen LogP contribution in [0.2, 0.25) is 0 Å². The number of halogens is 1. The van der Waals surface area contributed by atoms with E-state index in [9.17, 15) is 4.39 Å². The molecule has 3 nitrogen and oxygen atoms in total. The fourth-order valence-corrected chi connectivity index (χ4v) is 2.31. The molecule has 3 aromatic rings. The number of nitrogens with one attached hydrogen (secondary N) is 1. The van der Waals surface area contributed by atoms with Gasteiger partial charge in [0.05, 0.1) is 11.0 Å². The topological polar surface area (TPSA) is 29.9 Å². The maximum absolute atomic E-state index is 13.5. The Labute approximate surface area is 117 Å². The molecular weight excluding hydrogens is 253 g/mol. The van der Waals surface area contributed by atoms with Crippen LogP contribution in [0, 0.1) is 5.82 Å². The van der Waals surface area contributed by atoms with Crippen molar-refractivity contribution in [2.45, 2.75) is 6.42 Å². The van der Waals surface area contributed by atoms with Gasteiger partial charge < -0.3 is 9.88 Å². The summed E-state index contributed by atoms with van der Waals surface area (Å²) in [6.45, 7) is 0.651. The standard InChI is InChI=1S/C16H16FN3/c1-20-15-9-5-4-8-14(15)19-16(20)18-11-10-12-6-2-3-7-13(12)17/h2-9H,10-11H2,1H3,(H,18,19). The molecule has 20 heavy (non-hydrogen) atoms. The average Bonchev–Trinajstić information content (AvgIpc) is 2.78. The van der Waals surface area contributed by atoms with Crippen LogP contribution < -0.4 is 5.32 Å². The van der Waals surface area contributed by atoms with Gasteiger partial charge in [-0.1, -0.05) is 30.3 Å². The van der Waals surface area contributed by atoms with E-state index in [4.69, 9.17) is 0 Å². The van der Waals surface area contributed by atoms with E-state index in [2.05, 4.69) is 10.3 Å². The Bertz CT molecular complexity index is 733. The third-order valence-electron chi connectivity index (χ3n) is 3.42. The number of aromatic nitrogens is 2. The lowest BCUT2D eigenvalue weighted by molar-refractivity contribution is 0.610. The van der Waals surface area contributed by atoms with E-state index >= 15 is 0 Å². The van der Waals surface area contributed by atoms with Gasteiger partial charge in [0.25, 0.3) is 0 Å². The van der Waals surface area contributed by atoms with Crippen LogP contribution in [0.1, 0.15) is 5.56 Å². The maximum atomic E-state index is 13.5. The molecule has 0 aliphatic carbocycles. The van der Waals surface area contributed by atoms with E-state index in [0.29, 0.717) is 13.0 Å². The van der Waals surface area contributed by atoms with E-state index in [1.165, 1.54) is 6.07 Å². The van der Waals surface area contributed by atoms with Gasteiger partial charge in [0, 0.05) is 13.6 Å². The van der Waals surface area contributed by atoms with Gasteiger partial charge in [-0.3, -0.25) is 0 Å². The second-order valence-electron chi connectivity index (χ2n) is 4.75. The molecule has 0 spiro atoms. The Balaban J connectivity index is 1.71. The summed E-state index contributed by atoms with van der Waals surface area (Å²) < 4.78 is 15.5. The number of rotatable bonds is 4. The second-order valence-corrected chi connectivity index (χ2v) is 4.75. The van der Waals surface area contributed by atoms with Crippen LogP contribution in [0.3, 0.4) is 0 Å². The number of aryl methyl sites for hydroxylation is 1. The van der Waals surface area contributed by atoms with E-state index in [1.54, 1.807) is 6.07 Å². The number of nitrogens with zero attached hydrogens (tertiary/aromatic N) is 2. The monoisotopic (exact) mass is 269 g/mol. The molecule has 3 rings (SSSR count). The first-order chi connectivity index (χ1) is 9.75. The van der Waals surface area contributed by atoms with Crippen molar-refractivity contribution in [2.75, 3.05) is 11.9 Å². The lowest BCUT2D eigenvalue weighted by Gasteiger charge is -2.07. The smallest absolute Gasteiger partial charge is 0.203 e. The van der Waals surface area contributed by atoms with Gasteiger partial charge in [-0.25, -0.2) is 9.37 Å². The van der Waals surface area contributed by atoms with Crippen LogP contribution in [-0.2, 0) is 13.5 Å². The van der Waals surface area contributed by atoms with Crippen molar-refractivity contribution in [3.8, 4) is 0 Å². The fourth-order valence-electron chi connectivity index (χ4n) is 2.31. The summed E-state index contributed by atoms with van der Waals surface area (Å²) in [6.07, 6.45) is 0.635. The van der Waals surface area contributed by atoms with Crippen molar-refractivity contribution in [2.24, 2.45) is 7.05 Å². The van der Waals surface area contributed by atoms with Crippen LogP contribution in [0.25, 0.3) is 11.0 Å². The summed E-state index contributed by atoms with van der Waals surface area (Å²) in [6, 6.07) is 14.8. The molecule has 102 valence electrons. The average molecular weight is 269 g/mol. The zero-order chi connectivity index (χ0) is 13.9. The number of anilines is 1. The van der Waals surface area contributed by atoms with Gasteiger partial charge in [0.1, 0.15) is 5.82 Å². The van der Waals surface area contributed by atoms with Crippen LogP contribution >= 0.6 is 0 Å². The zero-order valence-corrected chi connectivity index (χ0v) is 11.3.